The smallest absolute Gasteiger partial charge is 0.199 e. The van der Waals surface area contributed by atoms with Crippen molar-refractivity contribution in [2.24, 2.45) is 0 Å². The van der Waals surface area contributed by atoms with E-state index >= 15 is 0 Å². The molecule has 21 heavy (non-hydrogen) atoms. The summed E-state index contributed by atoms with van der Waals surface area (Å²) in [5, 5.41) is 0.732. The number of anilines is 2. The third kappa shape index (κ3) is 2.18. The Kier molecular flexibility index (Phi) is 3.08. The number of allylic oxidation sites excluding steroid dienone is 1. The Morgan fingerprint density at radius 2 is 2.00 bits per heavy atom. The number of benzene rings is 1. The first kappa shape index (κ1) is 12.7. The van der Waals surface area contributed by atoms with Gasteiger partial charge in [0.15, 0.2) is 5.88 Å². The number of aromatic nitrogens is 1. The lowest BCUT2D eigenvalue weighted by Crippen LogP contribution is -2.29. The normalized spacial score (nSPS) is 17.1. The summed E-state index contributed by atoms with van der Waals surface area (Å²) in [6.45, 7) is 0.769. The van der Waals surface area contributed by atoms with Gasteiger partial charge in [-0.25, -0.2) is 4.98 Å². The van der Waals surface area contributed by atoms with E-state index in [1.54, 1.807) is 0 Å². The number of halogens is 1. The van der Waals surface area contributed by atoms with Crippen molar-refractivity contribution < 1.29 is 4.74 Å². The summed E-state index contributed by atoms with van der Waals surface area (Å²) >= 11 is 6.01. The predicted octanol–water partition coefficient (Wildman–Crippen LogP) is 4.45. The van der Waals surface area contributed by atoms with Crippen molar-refractivity contribution in [1.82, 2.24) is 4.98 Å². The minimum absolute atomic E-state index is 0.732. The lowest BCUT2D eigenvalue weighted by Gasteiger charge is -2.36. The van der Waals surface area contributed by atoms with Gasteiger partial charge in [-0.15, -0.1) is 0 Å². The van der Waals surface area contributed by atoms with E-state index in [-0.39, 0.29) is 0 Å². The monoisotopic (exact) mass is 298 g/mol. The summed E-state index contributed by atoms with van der Waals surface area (Å²) in [7, 11) is 0. The fraction of sp³-hybridized carbons (Fsp3) is 0.235. The van der Waals surface area contributed by atoms with Crippen molar-refractivity contribution >= 4 is 23.1 Å². The first-order valence-corrected chi connectivity index (χ1v) is 7.55. The Bertz CT molecular complexity index is 709. The van der Waals surface area contributed by atoms with Crippen LogP contribution in [0, 0.1) is 0 Å². The number of ether oxygens (including phenoxy) is 1. The van der Waals surface area contributed by atoms with Crippen LogP contribution in [0.3, 0.4) is 0 Å². The number of nitrogens with zero attached hydrogens (tertiary/aromatic N) is 2. The van der Waals surface area contributed by atoms with Gasteiger partial charge in [0.2, 0.25) is 0 Å². The van der Waals surface area contributed by atoms with Crippen molar-refractivity contribution in [2.75, 3.05) is 11.5 Å². The highest BCUT2D eigenvalue weighted by atomic mass is 35.5. The van der Waals surface area contributed by atoms with E-state index in [1.807, 2.05) is 36.5 Å². The second-order valence-corrected chi connectivity index (χ2v) is 5.77. The summed E-state index contributed by atoms with van der Waals surface area (Å²) in [5.74, 6) is 1.91. The van der Waals surface area contributed by atoms with Crippen LogP contribution >= 0.6 is 11.6 Å². The van der Waals surface area contributed by atoms with Crippen molar-refractivity contribution in [1.29, 1.82) is 0 Å². The Morgan fingerprint density at radius 3 is 2.86 bits per heavy atom. The van der Waals surface area contributed by atoms with Gasteiger partial charge in [0.05, 0.1) is 12.3 Å². The van der Waals surface area contributed by atoms with Crippen LogP contribution in [0.25, 0.3) is 0 Å². The lowest BCUT2D eigenvalue weighted by atomic mass is 9.96. The van der Waals surface area contributed by atoms with Crippen LogP contribution in [0.15, 0.2) is 54.1 Å². The summed E-state index contributed by atoms with van der Waals surface area (Å²) in [5.41, 5.74) is 3.64. The van der Waals surface area contributed by atoms with E-state index in [1.165, 1.54) is 11.1 Å². The summed E-state index contributed by atoms with van der Waals surface area (Å²) < 4.78 is 5.97. The van der Waals surface area contributed by atoms with E-state index in [2.05, 4.69) is 16.0 Å². The van der Waals surface area contributed by atoms with Crippen LogP contribution in [-0.4, -0.2) is 11.6 Å². The average molecular weight is 299 g/mol. The Balaban J connectivity index is 1.88. The quantitative estimate of drug-likeness (QED) is 0.777. The van der Waals surface area contributed by atoms with Gasteiger partial charge in [0, 0.05) is 17.6 Å². The number of pyridine rings is 1. The third-order valence-electron chi connectivity index (χ3n) is 3.94. The molecule has 4 rings (SSSR count). The molecule has 0 bridgehead atoms. The number of rotatable bonds is 1. The van der Waals surface area contributed by atoms with Crippen molar-refractivity contribution in [3.8, 4) is 0 Å². The first-order chi connectivity index (χ1) is 10.3. The van der Waals surface area contributed by atoms with Gasteiger partial charge in [-0.2, -0.15) is 0 Å². The Hall–Kier alpha value is -2.00. The topological polar surface area (TPSA) is 25.4 Å². The average Bonchev–Trinajstić information content (AvgIpc) is 2.53. The van der Waals surface area contributed by atoms with Crippen LogP contribution in [0.4, 0.5) is 11.5 Å². The summed E-state index contributed by atoms with van der Waals surface area (Å²) in [4.78, 5) is 6.68. The van der Waals surface area contributed by atoms with Crippen LogP contribution < -0.4 is 4.90 Å². The molecule has 0 unspecified atom stereocenters. The number of hydrogen-bond donors (Lipinski definition) is 0. The molecular formula is C17H15ClN2O. The molecule has 2 aliphatic heterocycles. The van der Waals surface area contributed by atoms with Crippen molar-refractivity contribution in [2.45, 2.75) is 19.3 Å². The first-order valence-electron chi connectivity index (χ1n) is 7.17. The second-order valence-electron chi connectivity index (χ2n) is 5.34. The molecule has 0 radical (unpaired) electrons. The fourth-order valence-corrected chi connectivity index (χ4v) is 3.10. The van der Waals surface area contributed by atoms with Gasteiger partial charge in [-0.1, -0.05) is 17.7 Å². The zero-order valence-electron chi connectivity index (χ0n) is 11.6. The van der Waals surface area contributed by atoms with Gasteiger partial charge in [0.25, 0.3) is 0 Å². The highest BCUT2D eigenvalue weighted by Crippen LogP contribution is 2.40. The molecular weight excluding hydrogens is 284 g/mol. The van der Waals surface area contributed by atoms with Crippen LogP contribution in [0.2, 0.25) is 5.02 Å². The molecule has 3 nitrogen and oxygen atoms in total. The molecule has 0 saturated heterocycles. The van der Waals surface area contributed by atoms with Gasteiger partial charge < -0.3 is 4.74 Å². The molecule has 1 aromatic carbocycles. The molecule has 106 valence electrons. The predicted molar refractivity (Wildman–Crippen MR) is 83.7 cm³/mol. The van der Waals surface area contributed by atoms with E-state index in [0.717, 1.165) is 48.3 Å². The third-order valence-corrected chi connectivity index (χ3v) is 4.19. The molecule has 2 aliphatic rings. The fourth-order valence-electron chi connectivity index (χ4n) is 2.98. The minimum atomic E-state index is 0.732. The maximum absolute atomic E-state index is 6.01. The Morgan fingerprint density at radius 1 is 1.14 bits per heavy atom. The lowest BCUT2D eigenvalue weighted by molar-refractivity contribution is 0.180. The van der Waals surface area contributed by atoms with Crippen LogP contribution in [-0.2, 0) is 11.2 Å². The number of fused-ring (bicyclic) bond motifs is 1. The summed E-state index contributed by atoms with van der Waals surface area (Å²) in [6.07, 6.45) is 4.94. The molecule has 3 heterocycles. The zero-order chi connectivity index (χ0) is 14.2. The van der Waals surface area contributed by atoms with Crippen LogP contribution in [0.5, 0.6) is 0 Å². The van der Waals surface area contributed by atoms with Gasteiger partial charge >= 0.3 is 0 Å². The van der Waals surface area contributed by atoms with E-state index in [4.69, 9.17) is 16.3 Å². The van der Waals surface area contributed by atoms with Gasteiger partial charge in [0.1, 0.15) is 5.82 Å². The van der Waals surface area contributed by atoms with E-state index in [9.17, 15) is 0 Å². The minimum Gasteiger partial charge on any atom is -0.479 e. The van der Waals surface area contributed by atoms with E-state index < -0.39 is 0 Å². The van der Waals surface area contributed by atoms with Gasteiger partial charge in [-0.3, -0.25) is 4.90 Å². The molecule has 1 aromatic heterocycles. The molecule has 2 aromatic rings. The zero-order valence-corrected chi connectivity index (χ0v) is 12.3. The second kappa shape index (κ2) is 5.08. The summed E-state index contributed by atoms with van der Waals surface area (Å²) in [6, 6.07) is 12.0. The molecule has 0 amide bonds. The van der Waals surface area contributed by atoms with Crippen molar-refractivity contribution in [3.05, 3.63) is 64.6 Å². The van der Waals surface area contributed by atoms with Crippen molar-refractivity contribution in [3.63, 3.8) is 0 Å². The largest absolute Gasteiger partial charge is 0.479 e. The molecule has 0 N–H and O–H groups in total. The molecule has 0 spiro atoms. The molecule has 0 aliphatic carbocycles. The number of hydrogen-bond acceptors (Lipinski definition) is 3. The molecule has 0 fully saturated rings. The highest BCUT2D eigenvalue weighted by Gasteiger charge is 2.30. The van der Waals surface area contributed by atoms with E-state index in [0.29, 0.717) is 0 Å². The Labute approximate surface area is 128 Å². The molecule has 0 saturated carbocycles. The van der Waals surface area contributed by atoms with Gasteiger partial charge in [-0.05, 0) is 54.3 Å². The highest BCUT2D eigenvalue weighted by molar-refractivity contribution is 6.30. The molecule has 4 heteroatoms. The molecule has 0 atom stereocenters. The SMILES string of the molecule is Clc1ccc(N2C3=C(CCCO3)Cc3cccnc32)cc1. The maximum atomic E-state index is 6.01. The van der Waals surface area contributed by atoms with Crippen LogP contribution in [0.1, 0.15) is 18.4 Å². The maximum Gasteiger partial charge on any atom is 0.199 e. The standard InChI is InChI=1S/C17H15ClN2O/c18-14-5-7-15(8-6-14)20-16-12(3-1-9-19-16)11-13-4-2-10-21-17(13)20/h1,3,5-9H,2,4,10-11H2.